The molecule has 46 heavy (non-hydrogen) atoms. The van der Waals surface area contributed by atoms with Crippen LogP contribution in [0.2, 0.25) is 0 Å². The highest BCUT2D eigenvalue weighted by Crippen LogP contribution is 2.30. The van der Waals surface area contributed by atoms with E-state index in [9.17, 15) is 19.5 Å². The fourth-order valence-electron chi connectivity index (χ4n) is 6.35. The standard InChI is InChI=1S/C37H53N3O6/c1-26-23-40(27(2)25-41)37(44)32-22-31(38-36(43)30-16-9-6-10-17-30)18-19-33(32)46-28(3)13-11-12-20-45-34(26)24-39(4)35(42)21-29-14-7-5-8-15-29/h5,7-8,14-15,18-19,22,26-28,30,34,41H,6,9-13,16-17,20-21,23-25H2,1-4H3,(H,38,43)/t26-,27+,28+,34+/m1/s1. The van der Waals surface area contributed by atoms with Gasteiger partial charge in [-0.3, -0.25) is 14.4 Å². The number of amides is 3. The maximum atomic E-state index is 14.4. The van der Waals surface area contributed by atoms with Crippen molar-refractivity contribution in [1.29, 1.82) is 0 Å². The van der Waals surface area contributed by atoms with Crippen molar-refractivity contribution >= 4 is 23.4 Å². The number of hydrogen-bond acceptors (Lipinski definition) is 6. The molecule has 4 rings (SSSR count). The van der Waals surface area contributed by atoms with E-state index in [-0.39, 0.29) is 48.4 Å². The van der Waals surface area contributed by atoms with Crippen molar-refractivity contribution in [1.82, 2.24) is 9.80 Å². The van der Waals surface area contributed by atoms with Crippen LogP contribution in [0, 0.1) is 11.8 Å². The topological polar surface area (TPSA) is 108 Å². The zero-order valence-electron chi connectivity index (χ0n) is 28.1. The minimum atomic E-state index is -0.480. The molecule has 2 aliphatic rings. The first-order chi connectivity index (χ1) is 22.2. The molecule has 1 saturated carbocycles. The number of likely N-dealkylation sites (N-methyl/N-ethyl adjacent to an activating group) is 1. The first-order valence-electron chi connectivity index (χ1n) is 17.1. The summed E-state index contributed by atoms with van der Waals surface area (Å²) in [5.41, 5.74) is 1.87. The third-order valence-electron chi connectivity index (χ3n) is 9.37. The number of anilines is 1. The first kappa shape index (κ1) is 35.4. The highest BCUT2D eigenvalue weighted by atomic mass is 16.5. The Kier molecular flexibility index (Phi) is 13.5. The number of fused-ring (bicyclic) bond motifs is 1. The van der Waals surface area contributed by atoms with Gasteiger partial charge < -0.3 is 29.7 Å². The number of carbonyl (C=O) groups excluding carboxylic acids is 3. The maximum absolute atomic E-state index is 14.4. The van der Waals surface area contributed by atoms with Crippen LogP contribution >= 0.6 is 0 Å². The van der Waals surface area contributed by atoms with Crippen LogP contribution in [0.3, 0.4) is 0 Å². The van der Waals surface area contributed by atoms with E-state index in [1.807, 2.05) is 51.1 Å². The molecule has 0 spiro atoms. The number of aliphatic hydroxyl groups is 1. The van der Waals surface area contributed by atoms with Gasteiger partial charge in [-0.2, -0.15) is 0 Å². The molecule has 1 heterocycles. The van der Waals surface area contributed by atoms with Gasteiger partial charge in [-0.25, -0.2) is 0 Å². The second-order valence-electron chi connectivity index (χ2n) is 13.3. The van der Waals surface area contributed by atoms with E-state index in [0.29, 0.717) is 43.1 Å². The predicted octanol–water partition coefficient (Wildman–Crippen LogP) is 5.70. The number of benzene rings is 2. The lowest BCUT2D eigenvalue weighted by Crippen LogP contribution is -2.48. The lowest BCUT2D eigenvalue weighted by Gasteiger charge is -2.36. The Bertz CT molecular complexity index is 1280. The van der Waals surface area contributed by atoms with Gasteiger partial charge in [0.2, 0.25) is 11.8 Å². The van der Waals surface area contributed by atoms with Crippen LogP contribution in [-0.4, -0.2) is 84.2 Å². The van der Waals surface area contributed by atoms with Crippen molar-refractivity contribution < 1.29 is 29.0 Å². The van der Waals surface area contributed by atoms with Crippen molar-refractivity contribution in [2.24, 2.45) is 11.8 Å². The van der Waals surface area contributed by atoms with Crippen LogP contribution in [0.5, 0.6) is 5.75 Å². The summed E-state index contributed by atoms with van der Waals surface area (Å²) in [4.78, 5) is 43.9. The van der Waals surface area contributed by atoms with Crippen LogP contribution in [0.1, 0.15) is 88.1 Å². The van der Waals surface area contributed by atoms with Crippen LogP contribution in [0.25, 0.3) is 0 Å². The van der Waals surface area contributed by atoms with E-state index in [1.54, 1.807) is 35.0 Å². The molecule has 1 fully saturated rings. The number of rotatable bonds is 8. The van der Waals surface area contributed by atoms with Gasteiger partial charge in [0.15, 0.2) is 0 Å². The average molecular weight is 636 g/mol. The molecule has 2 aromatic rings. The Hall–Kier alpha value is -3.43. The molecule has 0 bridgehead atoms. The van der Waals surface area contributed by atoms with Crippen molar-refractivity contribution in [3.05, 3.63) is 59.7 Å². The van der Waals surface area contributed by atoms with Crippen LogP contribution < -0.4 is 10.1 Å². The summed E-state index contributed by atoms with van der Waals surface area (Å²) < 4.78 is 12.7. The molecule has 1 aliphatic carbocycles. The highest BCUT2D eigenvalue weighted by molar-refractivity contribution is 6.00. The van der Waals surface area contributed by atoms with E-state index in [0.717, 1.165) is 56.9 Å². The number of hydrogen-bond donors (Lipinski definition) is 2. The summed E-state index contributed by atoms with van der Waals surface area (Å²) >= 11 is 0. The van der Waals surface area contributed by atoms with Gasteiger partial charge in [0.05, 0.1) is 36.8 Å². The molecule has 0 unspecified atom stereocenters. The number of carbonyl (C=O) groups is 3. The van der Waals surface area contributed by atoms with Gasteiger partial charge in [0.1, 0.15) is 5.75 Å². The van der Waals surface area contributed by atoms with Crippen molar-refractivity contribution in [3.8, 4) is 5.75 Å². The summed E-state index contributed by atoms with van der Waals surface area (Å²) in [7, 11) is 1.80. The second kappa shape index (κ2) is 17.5. The molecule has 9 nitrogen and oxygen atoms in total. The molecular weight excluding hydrogens is 582 g/mol. The fourth-order valence-corrected chi connectivity index (χ4v) is 6.35. The Labute approximate surface area is 274 Å². The minimum absolute atomic E-state index is 0.000710. The van der Waals surface area contributed by atoms with Crippen LogP contribution in [0.4, 0.5) is 5.69 Å². The smallest absolute Gasteiger partial charge is 0.258 e. The van der Waals surface area contributed by atoms with E-state index in [1.165, 1.54) is 0 Å². The molecular formula is C37H53N3O6. The molecule has 1 aliphatic heterocycles. The lowest BCUT2D eigenvalue weighted by molar-refractivity contribution is -0.132. The predicted molar refractivity (Wildman–Crippen MR) is 180 cm³/mol. The Morgan fingerprint density at radius 1 is 1.02 bits per heavy atom. The van der Waals surface area contributed by atoms with E-state index >= 15 is 0 Å². The van der Waals surface area contributed by atoms with E-state index < -0.39 is 6.04 Å². The molecule has 0 saturated heterocycles. The average Bonchev–Trinajstić information content (AvgIpc) is 3.06. The zero-order valence-corrected chi connectivity index (χ0v) is 28.1. The number of aliphatic hydroxyl groups excluding tert-OH is 1. The largest absolute Gasteiger partial charge is 0.490 e. The molecule has 0 aromatic heterocycles. The third-order valence-corrected chi connectivity index (χ3v) is 9.37. The fraction of sp³-hybridized carbons (Fsp3) is 0.595. The maximum Gasteiger partial charge on any atom is 0.258 e. The highest BCUT2D eigenvalue weighted by Gasteiger charge is 2.31. The quantitative estimate of drug-likeness (QED) is 0.385. The molecule has 9 heteroatoms. The van der Waals surface area contributed by atoms with Gasteiger partial charge in [0.25, 0.3) is 5.91 Å². The minimum Gasteiger partial charge on any atom is -0.490 e. The monoisotopic (exact) mass is 635 g/mol. The lowest BCUT2D eigenvalue weighted by atomic mass is 9.88. The van der Waals surface area contributed by atoms with E-state index in [4.69, 9.17) is 9.47 Å². The summed E-state index contributed by atoms with van der Waals surface area (Å²) in [5.74, 6) is 0.00468. The Morgan fingerprint density at radius 3 is 2.46 bits per heavy atom. The molecule has 4 atom stereocenters. The third kappa shape index (κ3) is 10.0. The van der Waals surface area contributed by atoms with E-state index in [2.05, 4.69) is 5.32 Å². The van der Waals surface area contributed by atoms with Crippen LogP contribution in [-0.2, 0) is 20.7 Å². The first-order valence-corrected chi connectivity index (χ1v) is 17.1. The molecule has 0 radical (unpaired) electrons. The molecule has 3 amide bonds. The molecule has 2 N–H and O–H groups in total. The van der Waals surface area contributed by atoms with Gasteiger partial charge in [-0.15, -0.1) is 0 Å². The summed E-state index contributed by atoms with van der Waals surface area (Å²) in [5, 5.41) is 13.3. The van der Waals surface area contributed by atoms with Gasteiger partial charge in [0, 0.05) is 44.3 Å². The van der Waals surface area contributed by atoms with Gasteiger partial charge in [-0.1, -0.05) is 56.5 Å². The molecule has 2 aromatic carbocycles. The number of nitrogens with one attached hydrogen (secondary N) is 1. The van der Waals surface area contributed by atoms with Crippen molar-refractivity contribution in [2.75, 3.05) is 38.7 Å². The molecule has 252 valence electrons. The SMILES string of the molecule is C[C@@H]1CN([C@@H](C)CO)C(=O)c2cc(NC(=O)C3CCCCC3)ccc2O[C@@H](C)CCCCO[C@H]1CN(C)C(=O)Cc1ccccc1. The Balaban J connectivity index is 1.58. The number of nitrogens with zero attached hydrogens (tertiary/aromatic N) is 2. The van der Waals surface area contributed by atoms with Gasteiger partial charge >= 0.3 is 0 Å². The number of ether oxygens (including phenoxy) is 2. The summed E-state index contributed by atoms with van der Waals surface area (Å²) in [6, 6.07) is 14.5. The van der Waals surface area contributed by atoms with Crippen molar-refractivity contribution in [3.63, 3.8) is 0 Å². The van der Waals surface area contributed by atoms with Gasteiger partial charge in [-0.05, 0) is 69.7 Å². The second-order valence-corrected chi connectivity index (χ2v) is 13.3. The summed E-state index contributed by atoms with van der Waals surface area (Å²) in [6.07, 6.45) is 7.39. The van der Waals surface area contributed by atoms with Crippen molar-refractivity contribution in [2.45, 2.75) is 96.8 Å². The Morgan fingerprint density at radius 2 is 1.74 bits per heavy atom. The van der Waals surface area contributed by atoms with Crippen LogP contribution in [0.15, 0.2) is 48.5 Å². The normalized spacial score (nSPS) is 22.6. The zero-order chi connectivity index (χ0) is 33.1. The summed E-state index contributed by atoms with van der Waals surface area (Å²) in [6.45, 7) is 6.84.